The Labute approximate surface area is 82.5 Å². The van der Waals surface area contributed by atoms with E-state index in [9.17, 15) is 0 Å². The lowest BCUT2D eigenvalue weighted by molar-refractivity contribution is 0.267. The number of hydrazine groups is 2. The van der Waals surface area contributed by atoms with E-state index in [-0.39, 0.29) is 0 Å². The molecule has 0 aromatic heterocycles. The van der Waals surface area contributed by atoms with Crippen LogP contribution in [0.5, 0.6) is 0 Å². The van der Waals surface area contributed by atoms with Gasteiger partial charge in [-0.05, 0) is 0 Å². The van der Waals surface area contributed by atoms with Gasteiger partial charge in [0.2, 0.25) is 0 Å². The SMILES string of the molecule is NNN=CN1CCN(C=NNN)CC1. The largest absolute Gasteiger partial charge is 0.358 e. The Balaban J connectivity index is 2.24. The van der Waals surface area contributed by atoms with E-state index in [4.69, 9.17) is 11.7 Å². The molecule has 0 atom stereocenters. The first kappa shape index (κ1) is 10.5. The minimum absolute atomic E-state index is 0.891. The van der Waals surface area contributed by atoms with Crippen molar-refractivity contribution in [2.75, 3.05) is 26.2 Å². The summed E-state index contributed by atoms with van der Waals surface area (Å²) in [5, 5.41) is 7.45. The Morgan fingerprint density at radius 1 is 0.857 bits per heavy atom. The molecule has 1 heterocycles. The highest BCUT2D eigenvalue weighted by Crippen LogP contribution is 1.96. The van der Waals surface area contributed by atoms with Gasteiger partial charge in [-0.25, -0.2) is 22.8 Å². The first-order valence-electron chi connectivity index (χ1n) is 4.32. The van der Waals surface area contributed by atoms with Crippen molar-refractivity contribution in [2.24, 2.45) is 21.9 Å². The van der Waals surface area contributed by atoms with Gasteiger partial charge in [-0.1, -0.05) is 0 Å². The average Bonchev–Trinajstić information content (AvgIpc) is 2.25. The molecule has 0 aromatic carbocycles. The Kier molecular flexibility index (Phi) is 4.51. The maximum absolute atomic E-state index is 5.01. The first-order chi connectivity index (χ1) is 6.86. The van der Waals surface area contributed by atoms with Crippen molar-refractivity contribution in [3.8, 4) is 0 Å². The molecule has 14 heavy (non-hydrogen) atoms. The van der Waals surface area contributed by atoms with Gasteiger partial charge in [-0.15, -0.1) is 0 Å². The zero-order chi connectivity index (χ0) is 10.2. The number of nitrogens with zero attached hydrogens (tertiary/aromatic N) is 4. The van der Waals surface area contributed by atoms with Crippen LogP contribution in [0.25, 0.3) is 0 Å². The van der Waals surface area contributed by atoms with Crippen LogP contribution in [0.4, 0.5) is 0 Å². The van der Waals surface area contributed by atoms with Crippen LogP contribution in [0.2, 0.25) is 0 Å². The highest BCUT2D eigenvalue weighted by molar-refractivity contribution is 5.57. The summed E-state index contributed by atoms with van der Waals surface area (Å²) in [4.78, 5) is 4.14. The molecular formula is C6H16N8. The average molecular weight is 200 g/mol. The fourth-order valence-electron chi connectivity index (χ4n) is 1.20. The fourth-order valence-corrected chi connectivity index (χ4v) is 1.20. The summed E-state index contributed by atoms with van der Waals surface area (Å²) in [6.07, 6.45) is 3.38. The summed E-state index contributed by atoms with van der Waals surface area (Å²) in [7, 11) is 0. The third-order valence-corrected chi connectivity index (χ3v) is 1.94. The van der Waals surface area contributed by atoms with Crippen LogP contribution in [0, 0.1) is 0 Å². The Bertz CT molecular complexity index is 172. The summed E-state index contributed by atoms with van der Waals surface area (Å²) >= 11 is 0. The molecule has 0 unspecified atom stereocenters. The minimum atomic E-state index is 0.891. The second-order valence-electron chi connectivity index (χ2n) is 2.82. The van der Waals surface area contributed by atoms with Crippen LogP contribution in [0.1, 0.15) is 0 Å². The van der Waals surface area contributed by atoms with Crippen molar-refractivity contribution in [3.05, 3.63) is 0 Å². The highest BCUT2D eigenvalue weighted by atomic mass is 15.5. The molecule has 1 aliphatic rings. The van der Waals surface area contributed by atoms with Gasteiger partial charge in [0.05, 0.1) is 0 Å². The van der Waals surface area contributed by atoms with Gasteiger partial charge in [0.1, 0.15) is 12.7 Å². The number of nitrogens with two attached hydrogens (primary N) is 2. The molecule has 0 aliphatic carbocycles. The van der Waals surface area contributed by atoms with Crippen LogP contribution in [-0.4, -0.2) is 48.7 Å². The summed E-state index contributed by atoms with van der Waals surface area (Å²) in [6.45, 7) is 3.56. The van der Waals surface area contributed by atoms with E-state index < -0.39 is 0 Å². The molecular weight excluding hydrogens is 184 g/mol. The molecule has 1 fully saturated rings. The second kappa shape index (κ2) is 6.00. The quantitative estimate of drug-likeness (QED) is 0.172. The van der Waals surface area contributed by atoms with Crippen molar-refractivity contribution < 1.29 is 0 Å². The molecule has 0 saturated carbocycles. The van der Waals surface area contributed by atoms with Crippen molar-refractivity contribution in [1.82, 2.24) is 20.9 Å². The van der Waals surface area contributed by atoms with E-state index in [1.165, 1.54) is 0 Å². The number of hydrazone groups is 2. The molecule has 0 bridgehead atoms. The van der Waals surface area contributed by atoms with E-state index in [2.05, 4.69) is 31.1 Å². The van der Waals surface area contributed by atoms with Gasteiger partial charge < -0.3 is 9.80 Å². The summed E-state index contributed by atoms with van der Waals surface area (Å²) in [5.41, 5.74) is 4.44. The van der Waals surface area contributed by atoms with Crippen LogP contribution >= 0.6 is 0 Å². The molecule has 8 heteroatoms. The van der Waals surface area contributed by atoms with Gasteiger partial charge in [0.15, 0.2) is 0 Å². The molecule has 1 rings (SSSR count). The Hall–Kier alpha value is -1.54. The van der Waals surface area contributed by atoms with Crippen molar-refractivity contribution in [1.29, 1.82) is 0 Å². The predicted molar refractivity (Wildman–Crippen MR) is 54.8 cm³/mol. The van der Waals surface area contributed by atoms with Crippen LogP contribution < -0.4 is 22.8 Å². The number of hydrogen-bond acceptors (Lipinski definition) is 6. The van der Waals surface area contributed by atoms with E-state index in [0.717, 1.165) is 26.2 Å². The number of rotatable bonds is 4. The topological polar surface area (TPSA) is 107 Å². The normalized spacial score (nSPS) is 18.1. The third kappa shape index (κ3) is 3.46. The van der Waals surface area contributed by atoms with Crippen LogP contribution in [-0.2, 0) is 0 Å². The lowest BCUT2D eigenvalue weighted by atomic mass is 10.3. The number of hydrogen-bond donors (Lipinski definition) is 4. The van der Waals surface area contributed by atoms with Gasteiger partial charge in [-0.2, -0.15) is 10.2 Å². The Morgan fingerprint density at radius 2 is 1.21 bits per heavy atom. The van der Waals surface area contributed by atoms with Gasteiger partial charge >= 0.3 is 0 Å². The standard InChI is InChI=1S/C6H16N8/c7-11-9-5-13-1-2-14(4-3-13)6-10-12-8/h5-6,11-12H,1-4,7-8H2. The Morgan fingerprint density at radius 3 is 1.50 bits per heavy atom. The van der Waals surface area contributed by atoms with E-state index >= 15 is 0 Å². The van der Waals surface area contributed by atoms with Crippen molar-refractivity contribution in [3.63, 3.8) is 0 Å². The fraction of sp³-hybridized carbons (Fsp3) is 0.667. The van der Waals surface area contributed by atoms with Crippen molar-refractivity contribution >= 4 is 12.7 Å². The molecule has 6 N–H and O–H groups in total. The van der Waals surface area contributed by atoms with E-state index in [1.807, 2.05) is 0 Å². The van der Waals surface area contributed by atoms with Crippen molar-refractivity contribution in [2.45, 2.75) is 0 Å². The predicted octanol–water partition coefficient (Wildman–Crippen LogP) is -2.58. The lowest BCUT2D eigenvalue weighted by Gasteiger charge is -2.31. The van der Waals surface area contributed by atoms with Crippen LogP contribution in [0.15, 0.2) is 10.2 Å². The summed E-state index contributed by atoms with van der Waals surface area (Å²) in [6, 6.07) is 0. The molecule has 8 nitrogen and oxygen atoms in total. The van der Waals surface area contributed by atoms with Gasteiger partial charge in [-0.3, -0.25) is 0 Å². The molecule has 80 valence electrons. The first-order valence-corrected chi connectivity index (χ1v) is 4.32. The molecule has 0 aromatic rings. The maximum atomic E-state index is 5.01. The van der Waals surface area contributed by atoms with E-state index in [0.29, 0.717) is 0 Å². The molecule has 0 spiro atoms. The number of nitrogens with one attached hydrogen (secondary N) is 2. The molecule has 0 amide bonds. The molecule has 1 aliphatic heterocycles. The maximum Gasteiger partial charge on any atom is 0.112 e. The summed E-state index contributed by atoms with van der Waals surface area (Å²) < 4.78 is 0. The zero-order valence-electron chi connectivity index (χ0n) is 7.93. The smallest absolute Gasteiger partial charge is 0.112 e. The monoisotopic (exact) mass is 200 g/mol. The van der Waals surface area contributed by atoms with Gasteiger partial charge in [0.25, 0.3) is 0 Å². The second-order valence-corrected chi connectivity index (χ2v) is 2.82. The third-order valence-electron chi connectivity index (χ3n) is 1.94. The lowest BCUT2D eigenvalue weighted by Crippen LogP contribution is -2.45. The minimum Gasteiger partial charge on any atom is -0.358 e. The van der Waals surface area contributed by atoms with E-state index in [1.54, 1.807) is 12.7 Å². The zero-order valence-corrected chi connectivity index (χ0v) is 7.93. The summed E-state index contributed by atoms with van der Waals surface area (Å²) in [5.74, 6) is 10.0. The highest BCUT2D eigenvalue weighted by Gasteiger charge is 2.11. The molecule has 0 radical (unpaired) electrons. The molecule has 1 saturated heterocycles. The van der Waals surface area contributed by atoms with Gasteiger partial charge in [0, 0.05) is 26.2 Å². The number of piperazine rings is 1. The van der Waals surface area contributed by atoms with Crippen LogP contribution in [0.3, 0.4) is 0 Å².